The van der Waals surface area contributed by atoms with Crippen LogP contribution in [-0.4, -0.2) is 38.8 Å². The molecule has 1 aliphatic heterocycles. The van der Waals surface area contributed by atoms with Gasteiger partial charge in [0, 0.05) is 13.2 Å². The van der Waals surface area contributed by atoms with E-state index in [1.165, 1.54) is 0 Å². The van der Waals surface area contributed by atoms with Gasteiger partial charge in [-0.3, -0.25) is 4.40 Å². The highest BCUT2D eigenvalue weighted by Crippen LogP contribution is 2.22. The first-order chi connectivity index (χ1) is 10.3. The van der Waals surface area contributed by atoms with Crippen molar-refractivity contribution >= 4 is 22.5 Å². The van der Waals surface area contributed by atoms with E-state index in [0.717, 1.165) is 54.3 Å². The summed E-state index contributed by atoms with van der Waals surface area (Å²) in [7, 11) is 0. The first kappa shape index (κ1) is 12.5. The van der Waals surface area contributed by atoms with Crippen molar-refractivity contribution in [1.29, 1.82) is 0 Å². The first-order valence-electron chi connectivity index (χ1n) is 7.29. The minimum Gasteiger partial charge on any atom is -0.376 e. The molecular formula is C15H17N5O. The van der Waals surface area contributed by atoms with E-state index in [0.29, 0.717) is 0 Å². The maximum atomic E-state index is 5.65. The molecule has 4 rings (SSSR count). The summed E-state index contributed by atoms with van der Waals surface area (Å²) >= 11 is 0. The van der Waals surface area contributed by atoms with Crippen LogP contribution >= 0.6 is 0 Å². The molecule has 0 saturated carbocycles. The SMILES string of the molecule is Cc1nnc2c(NC[C@@H]3CCCO3)nc3ccccc3n12. The average molecular weight is 283 g/mol. The zero-order valence-corrected chi connectivity index (χ0v) is 11.9. The second-order valence-electron chi connectivity index (χ2n) is 5.37. The molecule has 0 amide bonds. The van der Waals surface area contributed by atoms with Crippen molar-refractivity contribution in [3.8, 4) is 0 Å². The Kier molecular flexibility index (Phi) is 2.96. The molecule has 3 heterocycles. The third-order valence-corrected chi connectivity index (χ3v) is 3.91. The molecular weight excluding hydrogens is 266 g/mol. The number of anilines is 1. The predicted molar refractivity (Wildman–Crippen MR) is 80.5 cm³/mol. The van der Waals surface area contributed by atoms with Crippen LogP contribution in [0.4, 0.5) is 5.82 Å². The largest absolute Gasteiger partial charge is 0.376 e. The van der Waals surface area contributed by atoms with E-state index in [2.05, 4.69) is 20.5 Å². The summed E-state index contributed by atoms with van der Waals surface area (Å²) in [6, 6.07) is 8.04. The molecule has 0 unspecified atom stereocenters. The molecule has 3 aromatic rings. The van der Waals surface area contributed by atoms with Crippen LogP contribution in [0.2, 0.25) is 0 Å². The lowest BCUT2D eigenvalue weighted by Crippen LogP contribution is -2.19. The van der Waals surface area contributed by atoms with E-state index in [9.17, 15) is 0 Å². The number of benzene rings is 1. The maximum absolute atomic E-state index is 5.65. The molecule has 1 saturated heterocycles. The van der Waals surface area contributed by atoms with Crippen LogP contribution in [0.1, 0.15) is 18.7 Å². The van der Waals surface area contributed by atoms with Crippen LogP contribution in [-0.2, 0) is 4.74 Å². The van der Waals surface area contributed by atoms with Crippen LogP contribution in [0, 0.1) is 6.92 Å². The summed E-state index contributed by atoms with van der Waals surface area (Å²) in [5, 5.41) is 11.8. The zero-order chi connectivity index (χ0) is 14.2. The summed E-state index contributed by atoms with van der Waals surface area (Å²) in [6.07, 6.45) is 2.50. The monoisotopic (exact) mass is 283 g/mol. The van der Waals surface area contributed by atoms with E-state index < -0.39 is 0 Å². The van der Waals surface area contributed by atoms with E-state index >= 15 is 0 Å². The van der Waals surface area contributed by atoms with Gasteiger partial charge in [0.1, 0.15) is 5.82 Å². The van der Waals surface area contributed by atoms with Gasteiger partial charge in [-0.25, -0.2) is 4.98 Å². The normalized spacial score (nSPS) is 18.6. The second kappa shape index (κ2) is 4.96. The molecule has 0 radical (unpaired) electrons. The number of aromatic nitrogens is 4. The molecule has 6 heteroatoms. The van der Waals surface area contributed by atoms with Crippen LogP contribution in [0.5, 0.6) is 0 Å². The highest BCUT2D eigenvalue weighted by Gasteiger charge is 2.17. The molecule has 6 nitrogen and oxygen atoms in total. The van der Waals surface area contributed by atoms with Crippen LogP contribution in [0.25, 0.3) is 16.7 Å². The van der Waals surface area contributed by atoms with Gasteiger partial charge in [0.2, 0.25) is 5.65 Å². The lowest BCUT2D eigenvalue weighted by Gasteiger charge is -2.13. The second-order valence-corrected chi connectivity index (χ2v) is 5.37. The Hall–Kier alpha value is -2.21. The molecule has 1 aromatic carbocycles. The van der Waals surface area contributed by atoms with E-state index in [-0.39, 0.29) is 6.10 Å². The van der Waals surface area contributed by atoms with Crippen molar-refractivity contribution in [3.63, 3.8) is 0 Å². The van der Waals surface area contributed by atoms with Crippen molar-refractivity contribution in [2.45, 2.75) is 25.9 Å². The summed E-state index contributed by atoms with van der Waals surface area (Å²) in [4.78, 5) is 4.69. The van der Waals surface area contributed by atoms with Gasteiger partial charge < -0.3 is 10.1 Å². The number of fused-ring (bicyclic) bond motifs is 3. The number of nitrogens with one attached hydrogen (secondary N) is 1. The molecule has 1 aliphatic rings. The quantitative estimate of drug-likeness (QED) is 0.798. The fourth-order valence-electron chi connectivity index (χ4n) is 2.86. The third-order valence-electron chi connectivity index (χ3n) is 3.91. The van der Waals surface area contributed by atoms with Gasteiger partial charge in [-0.2, -0.15) is 0 Å². The minimum absolute atomic E-state index is 0.266. The number of nitrogens with zero attached hydrogens (tertiary/aromatic N) is 4. The fraction of sp³-hybridized carbons (Fsp3) is 0.400. The van der Waals surface area contributed by atoms with Gasteiger partial charge in [0.25, 0.3) is 0 Å². The third kappa shape index (κ3) is 2.12. The molecule has 0 bridgehead atoms. The Balaban J connectivity index is 1.79. The highest BCUT2D eigenvalue weighted by molar-refractivity contribution is 5.82. The van der Waals surface area contributed by atoms with Crippen molar-refractivity contribution in [2.75, 3.05) is 18.5 Å². The Labute approximate surface area is 122 Å². The van der Waals surface area contributed by atoms with Crippen molar-refractivity contribution in [1.82, 2.24) is 19.6 Å². The van der Waals surface area contributed by atoms with Crippen LogP contribution < -0.4 is 5.32 Å². The Bertz CT molecular complexity index is 791. The molecule has 2 aromatic heterocycles. The number of ether oxygens (including phenoxy) is 1. The van der Waals surface area contributed by atoms with E-state index in [1.807, 2.05) is 35.6 Å². The summed E-state index contributed by atoms with van der Waals surface area (Å²) in [5.41, 5.74) is 2.73. The van der Waals surface area contributed by atoms with Crippen molar-refractivity contribution in [2.24, 2.45) is 0 Å². The van der Waals surface area contributed by atoms with Gasteiger partial charge in [-0.05, 0) is 31.9 Å². The predicted octanol–water partition coefficient (Wildman–Crippen LogP) is 2.18. The fourth-order valence-corrected chi connectivity index (χ4v) is 2.86. The molecule has 0 aliphatic carbocycles. The lowest BCUT2D eigenvalue weighted by atomic mass is 10.2. The standard InChI is InChI=1S/C15H17N5O/c1-10-18-19-15-14(16-9-11-5-4-8-21-11)17-12-6-2-3-7-13(12)20(10)15/h2-3,6-7,11H,4-5,8-9H2,1H3,(H,16,17)/t11-/m0/s1. The highest BCUT2D eigenvalue weighted by atomic mass is 16.5. The number of aryl methyl sites for hydroxylation is 1. The average Bonchev–Trinajstić information content (AvgIpc) is 3.15. The number of rotatable bonds is 3. The van der Waals surface area contributed by atoms with Gasteiger partial charge >= 0.3 is 0 Å². The van der Waals surface area contributed by atoms with E-state index in [1.54, 1.807) is 0 Å². The van der Waals surface area contributed by atoms with Gasteiger partial charge in [-0.1, -0.05) is 12.1 Å². The van der Waals surface area contributed by atoms with Crippen molar-refractivity contribution in [3.05, 3.63) is 30.1 Å². The maximum Gasteiger partial charge on any atom is 0.204 e. The topological polar surface area (TPSA) is 64.3 Å². The molecule has 1 atom stereocenters. The molecule has 108 valence electrons. The van der Waals surface area contributed by atoms with Crippen LogP contribution in [0.15, 0.2) is 24.3 Å². The smallest absolute Gasteiger partial charge is 0.204 e. The summed E-state index contributed by atoms with van der Waals surface area (Å²) < 4.78 is 7.69. The minimum atomic E-state index is 0.266. The van der Waals surface area contributed by atoms with E-state index in [4.69, 9.17) is 4.74 Å². The van der Waals surface area contributed by atoms with Crippen LogP contribution in [0.3, 0.4) is 0 Å². The molecule has 1 N–H and O–H groups in total. The molecule has 1 fully saturated rings. The lowest BCUT2D eigenvalue weighted by molar-refractivity contribution is 0.120. The van der Waals surface area contributed by atoms with Gasteiger partial charge in [-0.15, -0.1) is 10.2 Å². The van der Waals surface area contributed by atoms with Gasteiger partial charge in [0.05, 0.1) is 17.1 Å². The number of para-hydroxylation sites is 2. The first-order valence-corrected chi connectivity index (χ1v) is 7.29. The Morgan fingerprint density at radius 2 is 2.24 bits per heavy atom. The Morgan fingerprint density at radius 1 is 1.33 bits per heavy atom. The molecule has 0 spiro atoms. The number of hydrogen-bond acceptors (Lipinski definition) is 5. The number of hydrogen-bond donors (Lipinski definition) is 1. The van der Waals surface area contributed by atoms with Gasteiger partial charge in [0.15, 0.2) is 5.82 Å². The molecule has 21 heavy (non-hydrogen) atoms. The Morgan fingerprint density at radius 3 is 3.10 bits per heavy atom. The summed E-state index contributed by atoms with van der Waals surface area (Å²) in [5.74, 6) is 1.63. The van der Waals surface area contributed by atoms with Crippen molar-refractivity contribution < 1.29 is 4.74 Å². The summed E-state index contributed by atoms with van der Waals surface area (Å²) in [6.45, 7) is 3.57. The zero-order valence-electron chi connectivity index (χ0n) is 11.9.